The highest BCUT2D eigenvalue weighted by atomic mass is 16.5. The lowest BCUT2D eigenvalue weighted by molar-refractivity contribution is -0.0935. The number of unbranched alkanes of at least 4 members (excludes halogenated alkanes) is 6. The predicted molar refractivity (Wildman–Crippen MR) is 111 cm³/mol. The Morgan fingerprint density at radius 3 is 1.96 bits per heavy atom. The van der Waals surface area contributed by atoms with Crippen LogP contribution in [0.3, 0.4) is 0 Å². The zero-order valence-electron chi connectivity index (χ0n) is 17.8. The van der Waals surface area contributed by atoms with Gasteiger partial charge in [-0.3, -0.25) is 0 Å². The van der Waals surface area contributed by atoms with Gasteiger partial charge in [-0.05, 0) is 47.0 Å². The summed E-state index contributed by atoms with van der Waals surface area (Å²) in [6.45, 7) is 13.5. The van der Waals surface area contributed by atoms with Gasteiger partial charge in [0, 0.05) is 5.41 Å². The fourth-order valence-corrected chi connectivity index (χ4v) is 3.79. The van der Waals surface area contributed by atoms with E-state index in [1.807, 2.05) is 7.85 Å². The molecule has 0 spiro atoms. The Bertz CT molecular complexity index is 362. The van der Waals surface area contributed by atoms with E-state index < -0.39 is 0 Å². The SMILES string of the molecule is BC#CC(C)(C)CC(C)(C)OC(CCCC)CCCCCCCC. The van der Waals surface area contributed by atoms with Crippen LogP contribution in [-0.4, -0.2) is 19.6 Å². The fraction of sp³-hybridized carbons (Fsp3) is 0.909. The molecule has 2 heteroatoms. The van der Waals surface area contributed by atoms with Crippen LogP contribution in [0.1, 0.15) is 112 Å². The second-order valence-electron chi connectivity index (χ2n) is 8.63. The molecule has 0 saturated heterocycles. The van der Waals surface area contributed by atoms with Crippen LogP contribution in [0.5, 0.6) is 0 Å². The van der Waals surface area contributed by atoms with Gasteiger partial charge in [0.25, 0.3) is 0 Å². The van der Waals surface area contributed by atoms with Crippen LogP contribution in [0.25, 0.3) is 0 Å². The summed E-state index contributed by atoms with van der Waals surface area (Å²) in [5, 5.41) is 0. The maximum atomic E-state index is 6.58. The fourth-order valence-electron chi connectivity index (χ4n) is 3.79. The minimum atomic E-state index is -0.103. The first kappa shape index (κ1) is 23.6. The molecule has 0 aliphatic heterocycles. The average Bonchev–Trinajstić information content (AvgIpc) is 2.46. The van der Waals surface area contributed by atoms with Gasteiger partial charge in [0.1, 0.15) is 0 Å². The molecular weight excluding hydrogens is 291 g/mol. The van der Waals surface area contributed by atoms with Crippen LogP contribution in [0, 0.1) is 17.2 Å². The number of hydrogen-bond acceptors (Lipinski definition) is 1. The van der Waals surface area contributed by atoms with Crippen molar-refractivity contribution in [2.45, 2.75) is 124 Å². The van der Waals surface area contributed by atoms with Crippen molar-refractivity contribution in [2.75, 3.05) is 0 Å². The molecule has 1 nitrogen and oxygen atoms in total. The molecule has 1 unspecified atom stereocenters. The van der Waals surface area contributed by atoms with Gasteiger partial charge >= 0.3 is 0 Å². The Kier molecular flexibility index (Phi) is 12.7. The second kappa shape index (κ2) is 12.9. The highest BCUT2D eigenvalue weighted by Gasteiger charge is 2.30. The van der Waals surface area contributed by atoms with Crippen molar-refractivity contribution >= 4 is 7.85 Å². The third-order valence-electron chi connectivity index (χ3n) is 4.58. The van der Waals surface area contributed by atoms with Gasteiger partial charge in [0.15, 0.2) is 7.85 Å². The molecule has 1 atom stereocenters. The summed E-state index contributed by atoms with van der Waals surface area (Å²) in [5.74, 6) is 6.41. The highest BCUT2D eigenvalue weighted by molar-refractivity contribution is 6.22. The zero-order valence-corrected chi connectivity index (χ0v) is 17.8. The monoisotopic (exact) mass is 334 g/mol. The second-order valence-corrected chi connectivity index (χ2v) is 8.63. The van der Waals surface area contributed by atoms with Crippen molar-refractivity contribution < 1.29 is 4.74 Å². The van der Waals surface area contributed by atoms with Gasteiger partial charge in [-0.25, -0.2) is 0 Å². The van der Waals surface area contributed by atoms with Crippen molar-refractivity contribution in [3.63, 3.8) is 0 Å². The molecule has 0 radical (unpaired) electrons. The first-order chi connectivity index (χ1) is 11.3. The van der Waals surface area contributed by atoms with E-state index in [1.165, 1.54) is 64.2 Å². The molecule has 0 saturated carbocycles. The van der Waals surface area contributed by atoms with Gasteiger partial charge in [-0.2, -0.15) is 5.82 Å². The summed E-state index contributed by atoms with van der Waals surface area (Å²) in [6.07, 6.45) is 14.5. The predicted octanol–water partition coefficient (Wildman–Crippen LogP) is 6.10. The van der Waals surface area contributed by atoms with Gasteiger partial charge in [-0.15, -0.1) is 5.92 Å². The number of rotatable bonds is 14. The Morgan fingerprint density at radius 1 is 0.833 bits per heavy atom. The summed E-state index contributed by atoms with van der Waals surface area (Å²) < 4.78 is 6.58. The topological polar surface area (TPSA) is 9.23 Å². The normalized spacial score (nSPS) is 13.4. The minimum Gasteiger partial charge on any atom is -0.372 e. The molecule has 0 rings (SSSR count). The van der Waals surface area contributed by atoms with E-state index in [4.69, 9.17) is 4.74 Å². The Morgan fingerprint density at radius 2 is 1.38 bits per heavy atom. The molecule has 0 aliphatic rings. The highest BCUT2D eigenvalue weighted by Crippen LogP contribution is 2.32. The van der Waals surface area contributed by atoms with Gasteiger partial charge in [0.05, 0.1) is 11.7 Å². The molecule has 140 valence electrons. The Labute approximate surface area is 154 Å². The molecule has 0 N–H and O–H groups in total. The molecule has 24 heavy (non-hydrogen) atoms. The van der Waals surface area contributed by atoms with Crippen molar-refractivity contribution in [3.05, 3.63) is 0 Å². The van der Waals surface area contributed by atoms with Crippen molar-refractivity contribution in [1.82, 2.24) is 0 Å². The summed E-state index contributed by atoms with van der Waals surface area (Å²) in [6, 6.07) is 0. The van der Waals surface area contributed by atoms with Crippen molar-refractivity contribution in [2.24, 2.45) is 5.41 Å². The van der Waals surface area contributed by atoms with E-state index >= 15 is 0 Å². The van der Waals surface area contributed by atoms with Gasteiger partial charge in [0.2, 0.25) is 0 Å². The van der Waals surface area contributed by atoms with E-state index in [2.05, 4.69) is 53.3 Å². The lowest BCUT2D eigenvalue weighted by Crippen LogP contribution is -2.35. The van der Waals surface area contributed by atoms with Crippen LogP contribution >= 0.6 is 0 Å². The average molecular weight is 334 g/mol. The molecule has 0 aromatic carbocycles. The van der Waals surface area contributed by atoms with Gasteiger partial charge in [-0.1, -0.05) is 65.2 Å². The van der Waals surface area contributed by atoms with E-state index in [1.54, 1.807) is 0 Å². The van der Waals surface area contributed by atoms with Crippen LogP contribution in [0.4, 0.5) is 0 Å². The van der Waals surface area contributed by atoms with Crippen molar-refractivity contribution in [1.29, 1.82) is 0 Å². The molecule has 0 amide bonds. The first-order valence-electron chi connectivity index (χ1n) is 10.4. The zero-order chi connectivity index (χ0) is 18.5. The Balaban J connectivity index is 4.43. The summed E-state index contributed by atoms with van der Waals surface area (Å²) in [5.41, 5.74) is -0.0817. The molecule has 0 heterocycles. The molecular formula is C22H43BO. The molecule has 0 bridgehead atoms. The van der Waals surface area contributed by atoms with Crippen LogP contribution in [0.2, 0.25) is 0 Å². The summed E-state index contributed by atoms with van der Waals surface area (Å²) >= 11 is 0. The standard InChI is InChI=1S/C22H43BO/c1-7-9-11-12-13-14-16-20(15-10-8-2)24-22(5,6)19-21(3,4)17-18-23/h20H,7-16,19,23H2,1-6H3. The lowest BCUT2D eigenvalue weighted by atomic mass is 9.81. The lowest BCUT2D eigenvalue weighted by Gasteiger charge is -2.35. The number of ether oxygens (including phenoxy) is 1. The molecule has 0 aromatic heterocycles. The largest absolute Gasteiger partial charge is 0.372 e. The smallest absolute Gasteiger partial charge is 0.195 e. The van der Waals surface area contributed by atoms with E-state index in [0.29, 0.717) is 6.10 Å². The maximum absolute atomic E-state index is 6.58. The molecule has 0 aliphatic carbocycles. The van der Waals surface area contributed by atoms with E-state index in [-0.39, 0.29) is 11.0 Å². The third kappa shape index (κ3) is 12.9. The van der Waals surface area contributed by atoms with Crippen LogP contribution in [0.15, 0.2) is 0 Å². The molecule has 0 fully saturated rings. The molecule has 0 aromatic rings. The quantitative estimate of drug-likeness (QED) is 0.212. The Hall–Kier alpha value is -0.415. The third-order valence-corrected chi connectivity index (χ3v) is 4.58. The first-order valence-corrected chi connectivity index (χ1v) is 10.4. The number of hydrogen-bond donors (Lipinski definition) is 0. The summed E-state index contributed by atoms with van der Waals surface area (Å²) in [7, 11) is 1.93. The van der Waals surface area contributed by atoms with Crippen LogP contribution in [-0.2, 0) is 4.74 Å². The minimum absolute atomic E-state index is 0.0215. The van der Waals surface area contributed by atoms with Crippen molar-refractivity contribution in [3.8, 4) is 11.7 Å². The summed E-state index contributed by atoms with van der Waals surface area (Å²) in [4.78, 5) is 0. The van der Waals surface area contributed by atoms with E-state index in [9.17, 15) is 0 Å². The maximum Gasteiger partial charge on any atom is 0.195 e. The van der Waals surface area contributed by atoms with Crippen LogP contribution < -0.4 is 0 Å². The van der Waals surface area contributed by atoms with Gasteiger partial charge < -0.3 is 4.74 Å². The van der Waals surface area contributed by atoms with E-state index in [0.717, 1.165) is 6.42 Å².